The number of primary amides is 1. The third-order valence-corrected chi connectivity index (χ3v) is 6.75. The molecule has 0 unspecified atom stereocenters. The minimum absolute atomic E-state index is 0.373. The largest absolute Gasteiger partial charge is 0.420 e. The van der Waals surface area contributed by atoms with E-state index in [0.717, 1.165) is 17.0 Å². The van der Waals surface area contributed by atoms with Crippen molar-refractivity contribution >= 4 is 23.1 Å². The molecule has 7 nitrogen and oxygen atoms in total. The van der Waals surface area contributed by atoms with Gasteiger partial charge in [-0.1, -0.05) is 43.5 Å². The molecule has 2 amide bonds. The lowest BCUT2D eigenvalue weighted by molar-refractivity contribution is 0.184. The molecule has 4 rings (SSSR count). The molecule has 1 saturated carbocycles. The van der Waals surface area contributed by atoms with E-state index >= 15 is 0 Å². The van der Waals surface area contributed by atoms with Gasteiger partial charge in [0, 0.05) is 24.4 Å². The molecule has 2 heterocycles. The van der Waals surface area contributed by atoms with Crippen molar-refractivity contribution in [3.8, 4) is 21.2 Å². The van der Waals surface area contributed by atoms with Crippen LogP contribution in [0.15, 0.2) is 34.7 Å². The minimum atomic E-state index is -0.627. The minimum Gasteiger partial charge on any atom is -0.420 e. The number of nitrogens with one attached hydrogen (secondary N) is 1. The average molecular weight is 426 g/mol. The van der Waals surface area contributed by atoms with Crippen LogP contribution in [0.25, 0.3) is 21.2 Å². The number of amides is 2. The Morgan fingerprint density at radius 3 is 2.60 bits per heavy atom. The van der Waals surface area contributed by atoms with Crippen molar-refractivity contribution in [2.45, 2.75) is 51.6 Å². The van der Waals surface area contributed by atoms with E-state index in [1.165, 1.54) is 49.0 Å². The number of nitrogens with zero attached hydrogens (tertiary/aromatic N) is 3. The lowest BCUT2D eigenvalue weighted by Crippen LogP contribution is -2.32. The predicted octanol–water partition coefficient (Wildman–Crippen LogP) is 5.03. The molecule has 1 aliphatic carbocycles. The van der Waals surface area contributed by atoms with Crippen LogP contribution in [-0.2, 0) is 6.54 Å². The monoisotopic (exact) mass is 425 g/mol. The second kappa shape index (κ2) is 8.97. The van der Waals surface area contributed by atoms with Gasteiger partial charge in [0.2, 0.25) is 5.89 Å². The Morgan fingerprint density at radius 1 is 1.23 bits per heavy atom. The maximum absolute atomic E-state index is 11.4. The molecule has 3 N–H and O–H groups in total. The summed E-state index contributed by atoms with van der Waals surface area (Å²) in [5.41, 5.74) is 8.28. The second-order valence-electron chi connectivity index (χ2n) is 7.87. The number of carbonyl (C=O) groups excluding carboxylic acids is 1. The molecule has 158 valence electrons. The van der Waals surface area contributed by atoms with Gasteiger partial charge in [0.05, 0.1) is 5.69 Å². The molecule has 2 aromatic heterocycles. The Hall–Kier alpha value is -2.71. The van der Waals surface area contributed by atoms with Gasteiger partial charge in [-0.2, -0.15) is 0 Å². The smallest absolute Gasteiger partial charge is 0.316 e. The third kappa shape index (κ3) is 4.71. The molecule has 1 fully saturated rings. The van der Waals surface area contributed by atoms with Crippen molar-refractivity contribution in [3.05, 3.63) is 41.8 Å². The van der Waals surface area contributed by atoms with Crippen molar-refractivity contribution in [1.29, 1.82) is 0 Å². The van der Waals surface area contributed by atoms with Gasteiger partial charge in [-0.05, 0) is 37.1 Å². The number of benzene rings is 1. The van der Waals surface area contributed by atoms with E-state index < -0.39 is 6.03 Å². The molecule has 8 heteroatoms. The number of rotatable bonds is 6. The summed E-state index contributed by atoms with van der Waals surface area (Å²) in [7, 11) is 2.23. The van der Waals surface area contributed by atoms with E-state index in [2.05, 4.69) is 51.7 Å². The van der Waals surface area contributed by atoms with Crippen LogP contribution in [0.5, 0.6) is 0 Å². The van der Waals surface area contributed by atoms with E-state index in [4.69, 9.17) is 10.2 Å². The first kappa shape index (κ1) is 20.6. The maximum atomic E-state index is 11.4. The summed E-state index contributed by atoms with van der Waals surface area (Å²) in [5.74, 6) is 0.842. The Morgan fingerprint density at radius 2 is 1.97 bits per heavy atom. The summed E-state index contributed by atoms with van der Waals surface area (Å²) in [4.78, 5) is 15.6. The van der Waals surface area contributed by atoms with Crippen LogP contribution in [-0.4, -0.2) is 34.2 Å². The van der Waals surface area contributed by atoms with E-state index in [0.29, 0.717) is 28.4 Å². The van der Waals surface area contributed by atoms with Crippen molar-refractivity contribution in [3.63, 3.8) is 0 Å². The second-order valence-corrected chi connectivity index (χ2v) is 8.93. The number of aromatic nitrogens is 2. The van der Waals surface area contributed by atoms with E-state index in [1.807, 2.05) is 6.07 Å². The fourth-order valence-corrected chi connectivity index (χ4v) is 5.06. The molecule has 3 aromatic rings. The molecule has 0 bridgehead atoms. The highest BCUT2D eigenvalue weighted by atomic mass is 32.1. The molecule has 0 saturated heterocycles. The highest BCUT2D eigenvalue weighted by molar-refractivity contribution is 7.19. The normalized spacial score (nSPS) is 14.9. The molecule has 1 aliphatic rings. The Balaban J connectivity index is 1.53. The van der Waals surface area contributed by atoms with Gasteiger partial charge in [-0.15, -0.1) is 21.5 Å². The molecule has 30 heavy (non-hydrogen) atoms. The van der Waals surface area contributed by atoms with Crippen LogP contribution >= 0.6 is 11.3 Å². The van der Waals surface area contributed by atoms with Gasteiger partial charge in [-0.25, -0.2) is 4.79 Å². The SMILES string of the molecule is Cc1nnc(-c2sc(-c3ccc(CN(C)C4CCCCC4)cc3)cc2NC(N)=O)o1. The Labute approximate surface area is 180 Å². The van der Waals surface area contributed by atoms with Crippen LogP contribution in [0.4, 0.5) is 10.5 Å². The summed E-state index contributed by atoms with van der Waals surface area (Å²) >= 11 is 1.49. The zero-order valence-electron chi connectivity index (χ0n) is 17.4. The quantitative estimate of drug-likeness (QED) is 0.577. The van der Waals surface area contributed by atoms with Crippen LogP contribution in [0.2, 0.25) is 0 Å². The summed E-state index contributed by atoms with van der Waals surface area (Å²) in [6.07, 6.45) is 6.66. The number of aryl methyl sites for hydroxylation is 1. The van der Waals surface area contributed by atoms with E-state index in [9.17, 15) is 4.79 Å². The van der Waals surface area contributed by atoms with Gasteiger partial charge >= 0.3 is 6.03 Å². The van der Waals surface area contributed by atoms with Gasteiger partial charge in [0.25, 0.3) is 5.89 Å². The number of thiophene rings is 1. The maximum Gasteiger partial charge on any atom is 0.316 e. The number of anilines is 1. The molecule has 0 aliphatic heterocycles. The van der Waals surface area contributed by atoms with E-state index in [-0.39, 0.29) is 0 Å². The number of hydrogen-bond donors (Lipinski definition) is 2. The third-order valence-electron chi connectivity index (χ3n) is 5.58. The first-order chi connectivity index (χ1) is 14.5. The van der Waals surface area contributed by atoms with Gasteiger partial charge in [0.15, 0.2) is 0 Å². The van der Waals surface area contributed by atoms with Crippen LogP contribution in [0.1, 0.15) is 43.6 Å². The molecule has 0 spiro atoms. The lowest BCUT2D eigenvalue weighted by Gasteiger charge is -2.31. The Kier molecular flexibility index (Phi) is 6.15. The van der Waals surface area contributed by atoms with Crippen LogP contribution in [0.3, 0.4) is 0 Å². The van der Waals surface area contributed by atoms with Crippen molar-refractivity contribution < 1.29 is 9.21 Å². The summed E-state index contributed by atoms with van der Waals surface area (Å²) in [5, 5.41) is 10.6. The number of urea groups is 1. The summed E-state index contributed by atoms with van der Waals surface area (Å²) < 4.78 is 5.55. The lowest BCUT2D eigenvalue weighted by atomic mass is 9.94. The molecule has 1 aromatic carbocycles. The average Bonchev–Trinajstić information content (AvgIpc) is 3.35. The molecular formula is C22H27N5O2S. The fraction of sp³-hybridized carbons (Fsp3) is 0.409. The van der Waals surface area contributed by atoms with Crippen LogP contribution < -0.4 is 11.1 Å². The number of nitrogens with two attached hydrogens (primary N) is 1. The zero-order chi connectivity index (χ0) is 21.1. The zero-order valence-corrected chi connectivity index (χ0v) is 18.2. The first-order valence-corrected chi connectivity index (χ1v) is 11.1. The summed E-state index contributed by atoms with van der Waals surface area (Å²) in [6.45, 7) is 2.69. The molecule has 0 radical (unpaired) electrons. The van der Waals surface area contributed by atoms with Gasteiger partial charge < -0.3 is 15.5 Å². The van der Waals surface area contributed by atoms with Gasteiger partial charge in [-0.3, -0.25) is 4.90 Å². The highest BCUT2D eigenvalue weighted by Crippen LogP contribution is 2.41. The van der Waals surface area contributed by atoms with Crippen molar-refractivity contribution in [2.75, 3.05) is 12.4 Å². The number of hydrogen-bond acceptors (Lipinski definition) is 6. The Bertz CT molecular complexity index is 1000. The number of carbonyl (C=O) groups is 1. The summed E-state index contributed by atoms with van der Waals surface area (Å²) in [6, 6.07) is 10.5. The fourth-order valence-electron chi connectivity index (χ4n) is 4.02. The highest BCUT2D eigenvalue weighted by Gasteiger charge is 2.20. The van der Waals surface area contributed by atoms with Crippen molar-refractivity contribution in [2.24, 2.45) is 5.73 Å². The standard InChI is InChI=1S/C22H27N5O2S/c1-14-25-26-21(29-14)20-18(24-22(23)28)12-19(30-20)16-10-8-15(9-11-16)13-27(2)17-6-4-3-5-7-17/h8-12,17H,3-7,13H2,1-2H3,(H3,23,24,28). The van der Waals surface area contributed by atoms with E-state index in [1.54, 1.807) is 6.92 Å². The topological polar surface area (TPSA) is 97.3 Å². The van der Waals surface area contributed by atoms with Crippen molar-refractivity contribution in [1.82, 2.24) is 15.1 Å². The molecular weight excluding hydrogens is 398 g/mol. The van der Waals surface area contributed by atoms with Gasteiger partial charge in [0.1, 0.15) is 4.88 Å². The van der Waals surface area contributed by atoms with Crippen LogP contribution in [0, 0.1) is 6.92 Å². The molecule has 0 atom stereocenters. The first-order valence-electron chi connectivity index (χ1n) is 10.3. The predicted molar refractivity (Wildman–Crippen MR) is 119 cm³/mol.